The first-order valence-corrected chi connectivity index (χ1v) is 6.23. The summed E-state index contributed by atoms with van der Waals surface area (Å²) < 4.78 is 0. The van der Waals surface area contributed by atoms with E-state index in [0.717, 1.165) is 36.0 Å². The highest BCUT2D eigenvalue weighted by Gasteiger charge is 2.17. The van der Waals surface area contributed by atoms with Gasteiger partial charge in [-0.2, -0.15) is 11.8 Å². The number of Topliss-reactive ketones (excluding diaryl/α,β-unsaturated/α-hetero) is 1. The van der Waals surface area contributed by atoms with Crippen molar-refractivity contribution in [3.63, 3.8) is 0 Å². The predicted molar refractivity (Wildman–Crippen MR) is 63.8 cm³/mol. The van der Waals surface area contributed by atoms with Crippen LogP contribution in [0.1, 0.15) is 17.3 Å². The smallest absolute Gasteiger partial charge is 0.163 e. The monoisotopic (exact) mass is 222 g/mol. The number of hydrogen-bond acceptors (Lipinski definition) is 4. The summed E-state index contributed by atoms with van der Waals surface area (Å²) in [7, 11) is 0. The topological polar surface area (TPSA) is 33.2 Å². The van der Waals surface area contributed by atoms with Crippen LogP contribution < -0.4 is 4.90 Å². The molecule has 0 unspecified atom stereocenters. The largest absolute Gasteiger partial charge is 0.354 e. The summed E-state index contributed by atoms with van der Waals surface area (Å²) in [4.78, 5) is 18.0. The molecule has 0 amide bonds. The zero-order valence-electron chi connectivity index (χ0n) is 8.77. The lowest BCUT2D eigenvalue weighted by Crippen LogP contribution is -2.34. The van der Waals surface area contributed by atoms with Gasteiger partial charge in [-0.1, -0.05) is 0 Å². The molecule has 0 aromatic carbocycles. The fourth-order valence-electron chi connectivity index (χ4n) is 1.70. The Balaban J connectivity index is 2.29. The average Bonchev–Trinajstić information content (AvgIpc) is 2.30. The first kappa shape index (κ1) is 10.5. The second-order valence-corrected chi connectivity index (χ2v) is 4.75. The molecule has 0 atom stereocenters. The summed E-state index contributed by atoms with van der Waals surface area (Å²) in [5, 5.41) is 0. The number of rotatable bonds is 2. The molecular weight excluding hydrogens is 208 g/mol. The van der Waals surface area contributed by atoms with Crippen LogP contribution in [0.15, 0.2) is 18.3 Å². The number of carbonyl (C=O) groups excluding carboxylic acids is 1. The lowest BCUT2D eigenvalue weighted by atomic mass is 10.2. The fraction of sp³-hybridized carbons (Fsp3) is 0.455. The Kier molecular flexibility index (Phi) is 3.26. The number of ketones is 1. The van der Waals surface area contributed by atoms with Crippen molar-refractivity contribution in [3.8, 4) is 0 Å². The van der Waals surface area contributed by atoms with E-state index in [1.807, 2.05) is 23.9 Å². The van der Waals surface area contributed by atoms with E-state index in [4.69, 9.17) is 0 Å². The summed E-state index contributed by atoms with van der Waals surface area (Å²) in [5.74, 6) is 3.18. The number of pyridine rings is 1. The van der Waals surface area contributed by atoms with E-state index in [1.54, 1.807) is 13.1 Å². The molecule has 0 bridgehead atoms. The van der Waals surface area contributed by atoms with Crippen LogP contribution in [0.4, 0.5) is 5.82 Å². The van der Waals surface area contributed by atoms with Gasteiger partial charge in [0.15, 0.2) is 5.78 Å². The van der Waals surface area contributed by atoms with Gasteiger partial charge in [-0.25, -0.2) is 4.98 Å². The normalized spacial score (nSPS) is 16.5. The van der Waals surface area contributed by atoms with E-state index in [0.29, 0.717) is 0 Å². The van der Waals surface area contributed by atoms with Crippen LogP contribution in [0.5, 0.6) is 0 Å². The van der Waals surface area contributed by atoms with Crippen LogP contribution in [0.3, 0.4) is 0 Å². The molecule has 15 heavy (non-hydrogen) atoms. The number of nitrogens with zero attached hydrogens (tertiary/aromatic N) is 2. The molecule has 0 saturated carbocycles. The zero-order valence-corrected chi connectivity index (χ0v) is 9.59. The van der Waals surface area contributed by atoms with Crippen LogP contribution >= 0.6 is 11.8 Å². The number of hydrogen-bond donors (Lipinski definition) is 0. The van der Waals surface area contributed by atoms with Crippen molar-refractivity contribution in [2.24, 2.45) is 0 Å². The number of aromatic nitrogens is 1. The molecule has 1 aliphatic rings. The van der Waals surface area contributed by atoms with E-state index < -0.39 is 0 Å². The highest BCUT2D eigenvalue weighted by atomic mass is 32.2. The molecule has 1 aromatic rings. The van der Waals surface area contributed by atoms with Crippen LogP contribution in [0.25, 0.3) is 0 Å². The molecule has 1 aromatic heterocycles. The van der Waals surface area contributed by atoms with Gasteiger partial charge in [0.05, 0.1) is 5.56 Å². The quantitative estimate of drug-likeness (QED) is 0.715. The Labute approximate surface area is 93.9 Å². The number of carbonyl (C=O) groups is 1. The van der Waals surface area contributed by atoms with Gasteiger partial charge in [0.1, 0.15) is 5.82 Å². The summed E-state index contributed by atoms with van der Waals surface area (Å²) in [6.07, 6.45) is 1.75. The van der Waals surface area contributed by atoms with Crippen molar-refractivity contribution < 1.29 is 4.79 Å². The van der Waals surface area contributed by atoms with E-state index in [-0.39, 0.29) is 5.78 Å². The van der Waals surface area contributed by atoms with E-state index in [9.17, 15) is 4.79 Å². The van der Waals surface area contributed by atoms with Gasteiger partial charge in [0, 0.05) is 30.8 Å². The molecule has 1 aliphatic heterocycles. The molecule has 3 nitrogen and oxygen atoms in total. The van der Waals surface area contributed by atoms with Gasteiger partial charge < -0.3 is 4.90 Å². The van der Waals surface area contributed by atoms with Gasteiger partial charge in [-0.15, -0.1) is 0 Å². The molecule has 0 aliphatic carbocycles. The summed E-state index contributed by atoms with van der Waals surface area (Å²) in [6, 6.07) is 3.67. The summed E-state index contributed by atoms with van der Waals surface area (Å²) in [5.41, 5.74) is 0.740. The predicted octanol–water partition coefficient (Wildman–Crippen LogP) is 1.84. The second-order valence-electron chi connectivity index (χ2n) is 3.53. The molecule has 1 saturated heterocycles. The van der Waals surface area contributed by atoms with Crippen molar-refractivity contribution in [3.05, 3.63) is 23.9 Å². The van der Waals surface area contributed by atoms with Crippen LogP contribution in [0.2, 0.25) is 0 Å². The third-order valence-electron chi connectivity index (χ3n) is 2.48. The SMILES string of the molecule is CC(=O)c1cccnc1N1CCSCC1. The highest BCUT2D eigenvalue weighted by Crippen LogP contribution is 2.21. The van der Waals surface area contributed by atoms with Crippen LogP contribution in [-0.2, 0) is 0 Å². The van der Waals surface area contributed by atoms with Crippen molar-refractivity contribution >= 4 is 23.4 Å². The average molecular weight is 222 g/mol. The third-order valence-corrected chi connectivity index (χ3v) is 3.42. The standard InChI is InChI=1S/C11H14N2OS/c1-9(14)10-3-2-4-12-11(10)13-5-7-15-8-6-13/h2-4H,5-8H2,1H3. The minimum Gasteiger partial charge on any atom is -0.354 e. The van der Waals surface area contributed by atoms with Crippen LogP contribution in [-0.4, -0.2) is 35.4 Å². The van der Waals surface area contributed by atoms with E-state index in [1.165, 1.54) is 0 Å². The van der Waals surface area contributed by atoms with E-state index in [2.05, 4.69) is 9.88 Å². The molecule has 2 heterocycles. The van der Waals surface area contributed by atoms with Gasteiger partial charge in [-0.05, 0) is 19.1 Å². The molecule has 80 valence electrons. The van der Waals surface area contributed by atoms with E-state index >= 15 is 0 Å². The summed E-state index contributed by atoms with van der Waals surface area (Å²) in [6.45, 7) is 3.57. The molecule has 1 fully saturated rings. The Morgan fingerprint density at radius 1 is 1.47 bits per heavy atom. The molecule has 0 radical (unpaired) electrons. The van der Waals surface area contributed by atoms with Crippen molar-refractivity contribution in [2.75, 3.05) is 29.5 Å². The Morgan fingerprint density at radius 2 is 2.20 bits per heavy atom. The van der Waals surface area contributed by atoms with Gasteiger partial charge in [0.2, 0.25) is 0 Å². The Bertz CT molecular complexity index is 361. The Morgan fingerprint density at radius 3 is 2.87 bits per heavy atom. The molecular formula is C11H14N2OS. The minimum atomic E-state index is 0.0938. The van der Waals surface area contributed by atoms with Gasteiger partial charge >= 0.3 is 0 Å². The zero-order chi connectivity index (χ0) is 10.7. The first-order chi connectivity index (χ1) is 7.29. The molecule has 0 N–H and O–H groups in total. The van der Waals surface area contributed by atoms with Crippen molar-refractivity contribution in [2.45, 2.75) is 6.92 Å². The maximum atomic E-state index is 11.4. The maximum absolute atomic E-state index is 11.4. The number of thioether (sulfide) groups is 1. The maximum Gasteiger partial charge on any atom is 0.163 e. The fourth-order valence-corrected chi connectivity index (χ4v) is 2.60. The second kappa shape index (κ2) is 4.66. The molecule has 4 heteroatoms. The lowest BCUT2D eigenvalue weighted by molar-refractivity contribution is 0.101. The molecule has 0 spiro atoms. The van der Waals surface area contributed by atoms with Crippen LogP contribution in [0, 0.1) is 0 Å². The molecule has 2 rings (SSSR count). The third kappa shape index (κ3) is 2.31. The van der Waals surface area contributed by atoms with Crippen molar-refractivity contribution in [1.82, 2.24) is 4.98 Å². The van der Waals surface area contributed by atoms with Gasteiger partial charge in [0.25, 0.3) is 0 Å². The minimum absolute atomic E-state index is 0.0938. The number of anilines is 1. The Hall–Kier alpha value is -1.03. The lowest BCUT2D eigenvalue weighted by Gasteiger charge is -2.28. The highest BCUT2D eigenvalue weighted by molar-refractivity contribution is 7.99. The first-order valence-electron chi connectivity index (χ1n) is 5.07. The van der Waals surface area contributed by atoms with Gasteiger partial charge in [-0.3, -0.25) is 4.79 Å². The summed E-state index contributed by atoms with van der Waals surface area (Å²) >= 11 is 1.95. The van der Waals surface area contributed by atoms with Crippen molar-refractivity contribution in [1.29, 1.82) is 0 Å².